The molecule has 2 aliphatic rings. The molecule has 0 unspecified atom stereocenters. The lowest BCUT2D eigenvalue weighted by Gasteiger charge is -2.35. The van der Waals surface area contributed by atoms with Crippen LogP contribution in [0, 0.1) is 11.8 Å². The minimum atomic E-state index is -3.17. The average molecular weight is 328 g/mol. The fraction of sp³-hybridized carbons (Fsp3) is 0.786. The number of ether oxygens (including phenoxy) is 1. The zero-order chi connectivity index (χ0) is 15.7. The third kappa shape index (κ3) is 3.68. The molecule has 2 saturated heterocycles. The van der Waals surface area contributed by atoms with E-state index in [-0.39, 0.29) is 6.10 Å². The number of imidazole rings is 1. The van der Waals surface area contributed by atoms with E-state index in [4.69, 9.17) is 4.74 Å². The highest BCUT2D eigenvalue weighted by atomic mass is 32.2. The molecule has 0 amide bonds. The SMILES string of the molecule is Cn1ccnc1CN1CC[C@@H]2CO[C@@H](CNS(C)(=O)=O)[C@@H]2C1. The van der Waals surface area contributed by atoms with Crippen LogP contribution < -0.4 is 4.72 Å². The normalized spacial score (nSPS) is 29.6. The number of hydrogen-bond acceptors (Lipinski definition) is 5. The van der Waals surface area contributed by atoms with Crippen LogP contribution in [-0.2, 0) is 28.4 Å². The Bertz CT molecular complexity index is 615. The number of nitrogens with zero attached hydrogens (tertiary/aromatic N) is 3. The van der Waals surface area contributed by atoms with Crippen molar-refractivity contribution in [1.29, 1.82) is 0 Å². The van der Waals surface area contributed by atoms with Crippen LogP contribution in [0.25, 0.3) is 0 Å². The van der Waals surface area contributed by atoms with Crippen molar-refractivity contribution in [3.63, 3.8) is 0 Å². The maximum atomic E-state index is 11.3. The Kier molecular flexibility index (Phi) is 4.54. The van der Waals surface area contributed by atoms with E-state index >= 15 is 0 Å². The van der Waals surface area contributed by atoms with E-state index in [0.29, 0.717) is 18.4 Å². The van der Waals surface area contributed by atoms with Gasteiger partial charge in [0, 0.05) is 38.4 Å². The van der Waals surface area contributed by atoms with Crippen LogP contribution >= 0.6 is 0 Å². The van der Waals surface area contributed by atoms with Gasteiger partial charge in [-0.3, -0.25) is 4.90 Å². The molecule has 8 heteroatoms. The van der Waals surface area contributed by atoms with Gasteiger partial charge in [0.25, 0.3) is 0 Å². The van der Waals surface area contributed by atoms with Gasteiger partial charge in [0.1, 0.15) is 5.82 Å². The molecule has 0 saturated carbocycles. The number of fused-ring (bicyclic) bond motifs is 1. The second-order valence-corrected chi connectivity index (χ2v) is 8.23. The Balaban J connectivity index is 1.60. The van der Waals surface area contributed by atoms with Gasteiger partial charge in [0.15, 0.2) is 0 Å². The molecule has 0 bridgehead atoms. The van der Waals surface area contributed by atoms with Gasteiger partial charge < -0.3 is 9.30 Å². The molecular weight excluding hydrogens is 304 g/mol. The first-order valence-corrected chi connectivity index (χ1v) is 9.56. The first-order valence-electron chi connectivity index (χ1n) is 7.67. The van der Waals surface area contributed by atoms with Gasteiger partial charge in [-0.25, -0.2) is 18.1 Å². The first-order chi connectivity index (χ1) is 10.4. The van der Waals surface area contributed by atoms with E-state index in [1.54, 1.807) is 0 Å². The summed E-state index contributed by atoms with van der Waals surface area (Å²) in [6.45, 7) is 3.93. The summed E-state index contributed by atoms with van der Waals surface area (Å²) in [5.74, 6) is 2.00. The summed E-state index contributed by atoms with van der Waals surface area (Å²) in [6.07, 6.45) is 6.04. The fourth-order valence-electron chi connectivity index (χ4n) is 3.44. The van der Waals surface area contributed by atoms with Crippen molar-refractivity contribution in [3.05, 3.63) is 18.2 Å². The van der Waals surface area contributed by atoms with Crippen LogP contribution in [0.1, 0.15) is 12.2 Å². The van der Waals surface area contributed by atoms with E-state index in [2.05, 4.69) is 14.6 Å². The third-order valence-electron chi connectivity index (χ3n) is 4.73. The number of piperidine rings is 1. The second-order valence-electron chi connectivity index (χ2n) is 6.39. The predicted molar refractivity (Wildman–Crippen MR) is 82.7 cm³/mol. The van der Waals surface area contributed by atoms with Crippen LogP contribution in [0.2, 0.25) is 0 Å². The highest BCUT2D eigenvalue weighted by Gasteiger charge is 2.41. The predicted octanol–water partition coefficient (Wildman–Crippen LogP) is -0.194. The molecule has 0 radical (unpaired) electrons. The van der Waals surface area contributed by atoms with Crippen molar-refractivity contribution >= 4 is 10.0 Å². The van der Waals surface area contributed by atoms with Crippen LogP contribution in [0.15, 0.2) is 12.4 Å². The molecule has 3 rings (SSSR count). The molecule has 124 valence electrons. The molecular formula is C14H24N4O3S. The molecule has 1 aromatic heterocycles. The lowest BCUT2D eigenvalue weighted by atomic mass is 9.84. The smallest absolute Gasteiger partial charge is 0.208 e. The summed E-state index contributed by atoms with van der Waals surface area (Å²) in [5, 5.41) is 0. The largest absolute Gasteiger partial charge is 0.376 e. The Labute approximate surface area is 131 Å². The summed E-state index contributed by atoms with van der Waals surface area (Å²) in [6, 6.07) is 0. The molecule has 22 heavy (non-hydrogen) atoms. The molecule has 3 atom stereocenters. The zero-order valence-electron chi connectivity index (χ0n) is 13.1. The number of sulfonamides is 1. The zero-order valence-corrected chi connectivity index (χ0v) is 13.9. The van der Waals surface area contributed by atoms with Crippen molar-refractivity contribution in [2.45, 2.75) is 19.1 Å². The summed E-state index contributed by atoms with van der Waals surface area (Å²) < 4.78 is 33.0. The second kappa shape index (κ2) is 6.27. The average Bonchev–Trinajstić information content (AvgIpc) is 3.03. The Morgan fingerprint density at radius 3 is 3.00 bits per heavy atom. The van der Waals surface area contributed by atoms with Gasteiger partial charge in [0.2, 0.25) is 10.0 Å². The summed E-state index contributed by atoms with van der Waals surface area (Å²) in [4.78, 5) is 6.78. The standard InChI is InChI=1S/C14H24N4O3S/c1-17-6-4-15-14(17)9-18-5-3-11-10-21-13(12(11)8-18)7-16-22(2,19)20/h4,6,11-13,16H,3,5,7-10H2,1-2H3/t11-,12-,13+/m1/s1. The highest BCUT2D eigenvalue weighted by Crippen LogP contribution is 2.34. The number of nitrogens with one attached hydrogen (secondary N) is 1. The molecule has 0 aliphatic carbocycles. The molecule has 0 aromatic carbocycles. The molecule has 1 N–H and O–H groups in total. The van der Waals surface area contributed by atoms with Crippen LogP contribution in [-0.4, -0.2) is 61.5 Å². The Hall–Kier alpha value is -0.960. The maximum absolute atomic E-state index is 11.3. The van der Waals surface area contributed by atoms with Crippen molar-refractivity contribution in [2.75, 3.05) is 32.5 Å². The third-order valence-corrected chi connectivity index (χ3v) is 5.42. The molecule has 3 heterocycles. The van der Waals surface area contributed by atoms with Crippen molar-refractivity contribution < 1.29 is 13.2 Å². The van der Waals surface area contributed by atoms with Gasteiger partial charge >= 0.3 is 0 Å². The summed E-state index contributed by atoms with van der Waals surface area (Å²) >= 11 is 0. The van der Waals surface area contributed by atoms with Crippen LogP contribution in [0.4, 0.5) is 0 Å². The number of aryl methyl sites for hydroxylation is 1. The minimum absolute atomic E-state index is 0.0242. The first kappa shape index (κ1) is 15.9. The molecule has 0 spiro atoms. The van der Waals surface area contributed by atoms with E-state index in [9.17, 15) is 8.42 Å². The number of likely N-dealkylation sites (tertiary alicyclic amines) is 1. The molecule has 2 fully saturated rings. The topological polar surface area (TPSA) is 76.5 Å². The van der Waals surface area contributed by atoms with E-state index in [1.807, 2.05) is 24.0 Å². The highest BCUT2D eigenvalue weighted by molar-refractivity contribution is 7.88. The number of rotatable bonds is 5. The van der Waals surface area contributed by atoms with Gasteiger partial charge in [-0.15, -0.1) is 0 Å². The monoisotopic (exact) mass is 328 g/mol. The lowest BCUT2D eigenvalue weighted by molar-refractivity contribution is 0.0767. The van der Waals surface area contributed by atoms with E-state index in [1.165, 1.54) is 6.26 Å². The molecule has 7 nitrogen and oxygen atoms in total. The lowest BCUT2D eigenvalue weighted by Crippen LogP contribution is -2.45. The summed E-state index contributed by atoms with van der Waals surface area (Å²) in [7, 11) is -1.16. The van der Waals surface area contributed by atoms with Crippen molar-refractivity contribution in [3.8, 4) is 0 Å². The van der Waals surface area contributed by atoms with Gasteiger partial charge in [0.05, 0.1) is 25.5 Å². The molecule has 2 aliphatic heterocycles. The van der Waals surface area contributed by atoms with E-state index < -0.39 is 10.0 Å². The van der Waals surface area contributed by atoms with Gasteiger partial charge in [-0.2, -0.15) is 0 Å². The van der Waals surface area contributed by atoms with Crippen molar-refractivity contribution in [2.24, 2.45) is 18.9 Å². The van der Waals surface area contributed by atoms with Gasteiger partial charge in [-0.1, -0.05) is 0 Å². The van der Waals surface area contributed by atoms with Gasteiger partial charge in [-0.05, 0) is 18.9 Å². The number of hydrogen-bond donors (Lipinski definition) is 1. The Morgan fingerprint density at radius 1 is 1.50 bits per heavy atom. The maximum Gasteiger partial charge on any atom is 0.208 e. The fourth-order valence-corrected chi connectivity index (χ4v) is 3.90. The number of aromatic nitrogens is 2. The quantitative estimate of drug-likeness (QED) is 0.810. The Morgan fingerprint density at radius 2 is 2.32 bits per heavy atom. The molecule has 1 aromatic rings. The van der Waals surface area contributed by atoms with Crippen molar-refractivity contribution in [1.82, 2.24) is 19.2 Å². The van der Waals surface area contributed by atoms with Crippen LogP contribution in [0.3, 0.4) is 0 Å². The van der Waals surface area contributed by atoms with Crippen LogP contribution in [0.5, 0.6) is 0 Å². The summed E-state index contributed by atoms with van der Waals surface area (Å²) in [5.41, 5.74) is 0. The van der Waals surface area contributed by atoms with E-state index in [0.717, 1.165) is 38.5 Å². The minimum Gasteiger partial charge on any atom is -0.376 e.